The van der Waals surface area contributed by atoms with E-state index in [9.17, 15) is 13.9 Å². The highest BCUT2D eigenvalue weighted by atomic mass is 19.1. The molecule has 13 heavy (non-hydrogen) atoms. The monoisotopic (exact) mass is 187 g/mol. The molecule has 1 rings (SSSR count). The largest absolute Gasteiger partial charge is 0.388 e. The molecule has 1 aromatic carbocycles. The second-order valence-corrected chi connectivity index (χ2v) is 2.73. The summed E-state index contributed by atoms with van der Waals surface area (Å²) in [5.74, 6) is -1.47. The molecule has 0 unspecified atom stereocenters. The normalized spacial score (nSPS) is 12.9. The Bertz CT molecular complexity index is 271. The number of aliphatic hydroxyl groups is 1. The number of halogens is 2. The Morgan fingerprint density at radius 1 is 1.31 bits per heavy atom. The van der Waals surface area contributed by atoms with Crippen molar-refractivity contribution >= 4 is 0 Å². The van der Waals surface area contributed by atoms with Crippen molar-refractivity contribution in [2.45, 2.75) is 12.5 Å². The van der Waals surface area contributed by atoms with Crippen molar-refractivity contribution in [3.63, 3.8) is 0 Å². The van der Waals surface area contributed by atoms with Crippen LogP contribution in [0, 0.1) is 11.6 Å². The lowest BCUT2D eigenvalue weighted by Gasteiger charge is -2.11. The molecule has 1 aromatic rings. The predicted octanol–water partition coefficient (Wildman–Crippen LogP) is 1.35. The maximum absolute atomic E-state index is 13.0. The smallest absolute Gasteiger partial charge is 0.131 e. The number of nitrogens with two attached hydrogens (primary N) is 1. The Kier molecular flexibility index (Phi) is 3.33. The van der Waals surface area contributed by atoms with Gasteiger partial charge >= 0.3 is 0 Å². The lowest BCUT2D eigenvalue weighted by atomic mass is 10.1. The van der Waals surface area contributed by atoms with Crippen LogP contribution >= 0.6 is 0 Å². The highest BCUT2D eigenvalue weighted by Gasteiger charge is 2.16. The van der Waals surface area contributed by atoms with Crippen LogP contribution in [0.25, 0.3) is 0 Å². The Morgan fingerprint density at radius 2 is 1.85 bits per heavy atom. The van der Waals surface area contributed by atoms with E-state index < -0.39 is 17.7 Å². The summed E-state index contributed by atoms with van der Waals surface area (Å²) < 4.78 is 26.0. The molecule has 0 aliphatic rings. The fourth-order valence-electron chi connectivity index (χ4n) is 1.13. The Labute approximate surface area is 75.0 Å². The molecular weight excluding hydrogens is 176 g/mol. The van der Waals surface area contributed by atoms with Gasteiger partial charge in [-0.1, -0.05) is 6.07 Å². The fourth-order valence-corrected chi connectivity index (χ4v) is 1.13. The second-order valence-electron chi connectivity index (χ2n) is 2.73. The molecular formula is C9H11F2NO. The first-order valence-electron chi connectivity index (χ1n) is 3.99. The number of aliphatic hydroxyl groups excluding tert-OH is 1. The van der Waals surface area contributed by atoms with Crippen LogP contribution in [-0.2, 0) is 0 Å². The molecule has 0 aliphatic heterocycles. The molecule has 0 radical (unpaired) electrons. The van der Waals surface area contributed by atoms with E-state index in [1.165, 1.54) is 6.07 Å². The lowest BCUT2D eigenvalue weighted by molar-refractivity contribution is 0.160. The third-order valence-electron chi connectivity index (χ3n) is 1.77. The molecule has 4 heteroatoms. The first kappa shape index (κ1) is 10.1. The van der Waals surface area contributed by atoms with Gasteiger partial charge in [-0.05, 0) is 25.1 Å². The van der Waals surface area contributed by atoms with E-state index in [4.69, 9.17) is 5.73 Å². The van der Waals surface area contributed by atoms with Crippen LogP contribution < -0.4 is 5.73 Å². The van der Waals surface area contributed by atoms with Gasteiger partial charge in [0.25, 0.3) is 0 Å². The molecule has 0 amide bonds. The van der Waals surface area contributed by atoms with Gasteiger partial charge < -0.3 is 10.8 Å². The van der Waals surface area contributed by atoms with Gasteiger partial charge in [0.2, 0.25) is 0 Å². The summed E-state index contributed by atoms with van der Waals surface area (Å²) in [5.41, 5.74) is 4.86. The van der Waals surface area contributed by atoms with Crippen molar-refractivity contribution in [3.8, 4) is 0 Å². The van der Waals surface area contributed by atoms with E-state index >= 15 is 0 Å². The molecule has 2 nitrogen and oxygen atoms in total. The first-order chi connectivity index (χ1) is 6.16. The summed E-state index contributed by atoms with van der Waals surface area (Å²) in [6, 6.07) is 3.47. The summed E-state index contributed by atoms with van der Waals surface area (Å²) in [6.45, 7) is 0.189. The van der Waals surface area contributed by atoms with Crippen LogP contribution in [-0.4, -0.2) is 11.7 Å². The summed E-state index contributed by atoms with van der Waals surface area (Å²) in [5, 5.41) is 9.32. The molecule has 1 atom stereocenters. The maximum atomic E-state index is 13.0. The highest BCUT2D eigenvalue weighted by molar-refractivity contribution is 5.21. The maximum Gasteiger partial charge on any atom is 0.131 e. The molecule has 0 saturated carbocycles. The minimum absolute atomic E-state index is 0.151. The zero-order chi connectivity index (χ0) is 9.84. The van der Waals surface area contributed by atoms with Crippen molar-refractivity contribution in [3.05, 3.63) is 35.4 Å². The SMILES string of the molecule is NCC[C@@H](O)c1c(F)cccc1F. The first-order valence-corrected chi connectivity index (χ1v) is 3.99. The van der Waals surface area contributed by atoms with Crippen molar-refractivity contribution < 1.29 is 13.9 Å². The Hall–Kier alpha value is -1.00. The van der Waals surface area contributed by atoms with Gasteiger partial charge in [0.05, 0.1) is 11.7 Å². The summed E-state index contributed by atoms with van der Waals surface area (Å²) in [4.78, 5) is 0. The molecule has 72 valence electrons. The van der Waals surface area contributed by atoms with Crippen LogP contribution in [0.3, 0.4) is 0 Å². The van der Waals surface area contributed by atoms with Gasteiger partial charge in [0, 0.05) is 0 Å². The number of rotatable bonds is 3. The zero-order valence-corrected chi connectivity index (χ0v) is 7.00. The minimum Gasteiger partial charge on any atom is -0.388 e. The molecule has 0 fully saturated rings. The van der Waals surface area contributed by atoms with Gasteiger partial charge in [-0.3, -0.25) is 0 Å². The van der Waals surface area contributed by atoms with E-state index in [0.717, 1.165) is 12.1 Å². The van der Waals surface area contributed by atoms with Gasteiger partial charge in [-0.2, -0.15) is 0 Å². The Morgan fingerprint density at radius 3 is 2.31 bits per heavy atom. The van der Waals surface area contributed by atoms with Crippen LogP contribution in [0.1, 0.15) is 18.1 Å². The third-order valence-corrected chi connectivity index (χ3v) is 1.77. The van der Waals surface area contributed by atoms with Crippen LogP contribution in [0.5, 0.6) is 0 Å². The van der Waals surface area contributed by atoms with E-state index in [2.05, 4.69) is 0 Å². The van der Waals surface area contributed by atoms with E-state index in [1.807, 2.05) is 0 Å². The minimum atomic E-state index is -1.16. The van der Waals surface area contributed by atoms with Crippen molar-refractivity contribution in [2.24, 2.45) is 5.73 Å². The number of hydrogen-bond donors (Lipinski definition) is 2. The fraction of sp³-hybridized carbons (Fsp3) is 0.333. The summed E-state index contributed by atoms with van der Waals surface area (Å²) >= 11 is 0. The molecule has 0 spiro atoms. The van der Waals surface area contributed by atoms with Crippen LogP contribution in [0.15, 0.2) is 18.2 Å². The lowest BCUT2D eigenvalue weighted by Crippen LogP contribution is -2.09. The van der Waals surface area contributed by atoms with Crippen molar-refractivity contribution in [1.29, 1.82) is 0 Å². The molecule has 0 bridgehead atoms. The average Bonchev–Trinajstić information content (AvgIpc) is 2.04. The highest BCUT2D eigenvalue weighted by Crippen LogP contribution is 2.22. The van der Waals surface area contributed by atoms with Gasteiger partial charge in [0.1, 0.15) is 11.6 Å². The van der Waals surface area contributed by atoms with E-state index in [1.54, 1.807) is 0 Å². The number of benzene rings is 1. The average molecular weight is 187 g/mol. The third kappa shape index (κ3) is 2.23. The second kappa shape index (κ2) is 4.30. The molecule has 0 aliphatic carbocycles. The standard InChI is InChI=1S/C9H11F2NO/c10-6-2-1-3-7(11)9(6)8(13)4-5-12/h1-3,8,13H,4-5,12H2/t8-/m1/s1. The number of hydrogen-bond acceptors (Lipinski definition) is 2. The van der Waals surface area contributed by atoms with Gasteiger partial charge in [-0.25, -0.2) is 8.78 Å². The van der Waals surface area contributed by atoms with Crippen molar-refractivity contribution in [1.82, 2.24) is 0 Å². The quantitative estimate of drug-likeness (QED) is 0.750. The molecule has 0 aromatic heterocycles. The summed E-state index contributed by atoms with van der Waals surface area (Å²) in [6.07, 6.45) is -1.01. The molecule has 0 heterocycles. The van der Waals surface area contributed by atoms with Crippen LogP contribution in [0.2, 0.25) is 0 Å². The van der Waals surface area contributed by atoms with Gasteiger partial charge in [-0.15, -0.1) is 0 Å². The predicted molar refractivity (Wildman–Crippen MR) is 45.0 cm³/mol. The zero-order valence-electron chi connectivity index (χ0n) is 7.00. The van der Waals surface area contributed by atoms with Crippen molar-refractivity contribution in [2.75, 3.05) is 6.54 Å². The van der Waals surface area contributed by atoms with E-state index in [0.29, 0.717) is 0 Å². The van der Waals surface area contributed by atoms with Crippen LogP contribution in [0.4, 0.5) is 8.78 Å². The molecule has 3 N–H and O–H groups in total. The topological polar surface area (TPSA) is 46.2 Å². The molecule has 0 saturated heterocycles. The van der Waals surface area contributed by atoms with Gasteiger partial charge in [0.15, 0.2) is 0 Å². The van der Waals surface area contributed by atoms with E-state index in [-0.39, 0.29) is 18.5 Å². The Balaban J connectivity index is 2.98. The summed E-state index contributed by atoms with van der Waals surface area (Å²) in [7, 11) is 0.